The summed E-state index contributed by atoms with van der Waals surface area (Å²) in [5.74, 6) is -2.88. The highest BCUT2D eigenvalue weighted by molar-refractivity contribution is 5.85. The molecular weight excluding hydrogens is 550 g/mol. The van der Waals surface area contributed by atoms with E-state index in [0.29, 0.717) is 31.6 Å². The van der Waals surface area contributed by atoms with Gasteiger partial charge in [0.25, 0.3) is 5.91 Å². The Balaban J connectivity index is 1.72. The molecule has 2 aliphatic heterocycles. The third-order valence-corrected chi connectivity index (χ3v) is 10.6. The van der Waals surface area contributed by atoms with E-state index in [4.69, 9.17) is 0 Å². The summed E-state index contributed by atoms with van der Waals surface area (Å²) >= 11 is 0. The molecule has 3 amide bonds. The van der Waals surface area contributed by atoms with Crippen molar-refractivity contribution in [2.24, 2.45) is 17.3 Å². The number of hydrogen-bond donors (Lipinski definition) is 1. The van der Waals surface area contributed by atoms with Crippen LogP contribution in [0.1, 0.15) is 92.1 Å². The lowest BCUT2D eigenvalue weighted by Gasteiger charge is -2.43. The van der Waals surface area contributed by atoms with Gasteiger partial charge in [0.15, 0.2) is 6.04 Å². The first-order valence-corrected chi connectivity index (χ1v) is 16.0. The summed E-state index contributed by atoms with van der Waals surface area (Å²) in [5, 5.41) is 2.78. The van der Waals surface area contributed by atoms with Gasteiger partial charge in [0.2, 0.25) is 5.91 Å². The van der Waals surface area contributed by atoms with Crippen LogP contribution in [0, 0.1) is 28.9 Å². The summed E-state index contributed by atoms with van der Waals surface area (Å²) < 4.78 is 28.9. The van der Waals surface area contributed by atoms with Crippen molar-refractivity contribution in [3.63, 3.8) is 0 Å². The van der Waals surface area contributed by atoms with Crippen molar-refractivity contribution in [2.75, 3.05) is 33.7 Å². The fourth-order valence-electron chi connectivity index (χ4n) is 7.82. The Hall–Kier alpha value is -2.39. The first-order chi connectivity index (χ1) is 19.9. The van der Waals surface area contributed by atoms with E-state index in [1.807, 2.05) is 25.8 Å². The SMILES string of the molecule is CNC(=O)[C@@H]1C[C@H](N(C(=O)C(C)C)C2CCC(C)(C)CC2)C[N+]1(C)C(=O)[C@@H]1CN(C(C)(C)C)C[C@H]1c1ccc(F)cc1F. The molecule has 2 heterocycles. The van der Waals surface area contributed by atoms with E-state index < -0.39 is 29.5 Å². The number of rotatable bonds is 6. The molecule has 7 nitrogen and oxygen atoms in total. The van der Waals surface area contributed by atoms with Crippen molar-refractivity contribution in [3.8, 4) is 0 Å². The van der Waals surface area contributed by atoms with Crippen LogP contribution in [0.4, 0.5) is 8.78 Å². The molecule has 1 saturated carbocycles. The number of benzene rings is 1. The molecule has 3 aliphatic rings. The maximum Gasteiger partial charge on any atom is 0.319 e. The Morgan fingerprint density at radius 2 is 1.70 bits per heavy atom. The van der Waals surface area contributed by atoms with Gasteiger partial charge >= 0.3 is 5.91 Å². The number of nitrogens with zero attached hydrogens (tertiary/aromatic N) is 3. The Morgan fingerprint density at radius 3 is 2.23 bits per heavy atom. The maximum atomic E-state index is 15.2. The second-order valence-electron chi connectivity index (χ2n) is 15.6. The number of carbonyl (C=O) groups excluding carboxylic acids is 3. The van der Waals surface area contributed by atoms with E-state index in [2.05, 4.69) is 44.8 Å². The average Bonchev–Trinajstić information content (AvgIpc) is 3.51. The summed E-state index contributed by atoms with van der Waals surface area (Å²) in [6.07, 6.45) is 4.24. The number of likely N-dealkylation sites (N-methyl/N-ethyl adjacent to an activating group) is 2. The van der Waals surface area contributed by atoms with Crippen molar-refractivity contribution >= 4 is 17.7 Å². The Morgan fingerprint density at radius 1 is 1.07 bits per heavy atom. The van der Waals surface area contributed by atoms with Gasteiger partial charge in [0.05, 0.1) is 19.0 Å². The van der Waals surface area contributed by atoms with E-state index in [1.54, 1.807) is 7.05 Å². The van der Waals surface area contributed by atoms with Crippen molar-refractivity contribution in [1.82, 2.24) is 15.1 Å². The van der Waals surface area contributed by atoms with Crippen molar-refractivity contribution in [2.45, 2.75) is 110 Å². The molecule has 9 heteroatoms. The van der Waals surface area contributed by atoms with Gasteiger partial charge in [-0.1, -0.05) is 33.8 Å². The Kier molecular flexibility index (Phi) is 9.49. The van der Waals surface area contributed by atoms with E-state index in [0.717, 1.165) is 31.7 Å². The second kappa shape index (κ2) is 12.2. The minimum absolute atomic E-state index is 0.0669. The van der Waals surface area contributed by atoms with E-state index in [1.165, 1.54) is 12.1 Å². The molecule has 0 aromatic heterocycles. The number of hydrogen-bond acceptors (Lipinski definition) is 4. The van der Waals surface area contributed by atoms with Gasteiger partial charge in [-0.25, -0.2) is 13.6 Å². The normalized spacial score (nSPS) is 30.0. The average molecular weight is 604 g/mol. The quantitative estimate of drug-likeness (QED) is 0.460. The first kappa shape index (κ1) is 33.5. The summed E-state index contributed by atoms with van der Waals surface area (Å²) in [4.78, 5) is 46.3. The zero-order chi connectivity index (χ0) is 32.1. The largest absolute Gasteiger partial charge is 0.354 e. The Bertz CT molecular complexity index is 1220. The summed E-state index contributed by atoms with van der Waals surface area (Å²) in [6.45, 7) is 15.7. The van der Waals surface area contributed by atoms with Crippen LogP contribution in [-0.2, 0) is 14.4 Å². The molecule has 0 spiro atoms. The van der Waals surface area contributed by atoms with Gasteiger partial charge in [-0.05, 0) is 63.5 Å². The van der Waals surface area contributed by atoms with E-state index >= 15 is 4.39 Å². The van der Waals surface area contributed by atoms with Gasteiger partial charge in [-0.2, -0.15) is 0 Å². The van der Waals surface area contributed by atoms with E-state index in [-0.39, 0.29) is 51.2 Å². The highest BCUT2D eigenvalue weighted by Crippen LogP contribution is 2.44. The van der Waals surface area contributed by atoms with Crippen LogP contribution in [0.2, 0.25) is 0 Å². The van der Waals surface area contributed by atoms with E-state index in [9.17, 15) is 18.8 Å². The number of amides is 3. The highest BCUT2D eigenvalue weighted by atomic mass is 19.1. The molecule has 1 aromatic carbocycles. The van der Waals surface area contributed by atoms with Crippen LogP contribution in [0.25, 0.3) is 0 Å². The summed E-state index contributed by atoms with van der Waals surface area (Å²) in [7, 11) is 3.40. The second-order valence-corrected chi connectivity index (χ2v) is 15.6. The van der Waals surface area contributed by atoms with Crippen LogP contribution in [0.3, 0.4) is 0 Å². The number of likely N-dealkylation sites (tertiary alicyclic amines) is 2. The fraction of sp³-hybridized carbons (Fsp3) is 0.735. The molecule has 0 radical (unpaired) electrons. The molecule has 3 fully saturated rings. The molecule has 1 N–H and O–H groups in total. The monoisotopic (exact) mass is 603 g/mol. The van der Waals surface area contributed by atoms with Gasteiger partial charge in [0.1, 0.15) is 18.2 Å². The highest BCUT2D eigenvalue weighted by Gasteiger charge is 2.59. The number of halogens is 2. The van der Waals surface area contributed by atoms with Crippen LogP contribution in [0.15, 0.2) is 18.2 Å². The number of nitrogens with one attached hydrogen (secondary N) is 1. The maximum absolute atomic E-state index is 15.2. The van der Waals surface area contributed by atoms with Gasteiger partial charge < -0.3 is 10.2 Å². The van der Waals surface area contributed by atoms with Crippen molar-refractivity contribution < 1.29 is 27.6 Å². The van der Waals surface area contributed by atoms with Crippen molar-refractivity contribution in [3.05, 3.63) is 35.4 Å². The minimum Gasteiger partial charge on any atom is -0.354 e. The van der Waals surface area contributed by atoms with Crippen molar-refractivity contribution in [1.29, 1.82) is 0 Å². The molecule has 2 saturated heterocycles. The summed E-state index contributed by atoms with van der Waals surface area (Å²) in [5.41, 5.74) is 0.285. The van der Waals surface area contributed by atoms with Crippen LogP contribution >= 0.6 is 0 Å². The molecule has 1 aromatic rings. The lowest BCUT2D eigenvalue weighted by molar-refractivity contribution is -0.840. The van der Waals surface area contributed by atoms with Crippen LogP contribution in [-0.4, -0.2) is 89.4 Å². The molecule has 240 valence electrons. The topological polar surface area (TPSA) is 69.7 Å². The lowest BCUT2D eigenvalue weighted by atomic mass is 9.75. The first-order valence-electron chi connectivity index (χ1n) is 16.0. The molecule has 43 heavy (non-hydrogen) atoms. The molecule has 5 atom stereocenters. The Labute approximate surface area is 256 Å². The minimum atomic E-state index is -0.674. The standard InChI is InChI=1S/C34H52F2N4O3/c1-21(2)31(42)39(23-12-14-34(6,7)15-13-23)24-17-29(30(41)37-8)40(9,20-24)32(43)27-19-38(33(3,4)5)18-26(27)25-11-10-22(35)16-28(25)36/h10-11,16,21,23-24,26-27,29H,12-15,17-20H2,1-9H3/p+1/t24-,26-,27+,29-,40?/m0/s1. The predicted molar refractivity (Wildman–Crippen MR) is 164 cm³/mol. The lowest BCUT2D eigenvalue weighted by Crippen LogP contribution is -2.61. The van der Waals surface area contributed by atoms with Gasteiger partial charge in [-0.3, -0.25) is 19.0 Å². The fourth-order valence-corrected chi connectivity index (χ4v) is 7.82. The van der Waals surface area contributed by atoms with Crippen LogP contribution < -0.4 is 5.32 Å². The zero-order valence-corrected chi connectivity index (χ0v) is 27.7. The molecule has 1 aliphatic carbocycles. The van der Waals surface area contributed by atoms with Gasteiger partial charge in [-0.15, -0.1) is 0 Å². The molecular formula is C34H53F2N4O3+. The smallest absolute Gasteiger partial charge is 0.319 e. The molecule has 1 unspecified atom stereocenters. The predicted octanol–water partition coefficient (Wildman–Crippen LogP) is 5.09. The number of quaternary nitrogens is 1. The van der Waals surface area contributed by atoms with Gasteiger partial charge in [0, 0.05) is 56.0 Å². The van der Waals surface area contributed by atoms with Crippen LogP contribution in [0.5, 0.6) is 0 Å². The third-order valence-electron chi connectivity index (χ3n) is 10.6. The number of carbonyl (C=O) groups is 3. The zero-order valence-electron chi connectivity index (χ0n) is 27.7. The molecule has 4 rings (SSSR count). The molecule has 0 bridgehead atoms. The third kappa shape index (κ3) is 6.68. The summed E-state index contributed by atoms with van der Waals surface area (Å²) in [6, 6.07) is 2.72.